The number of halogens is 1. The quantitative estimate of drug-likeness (QED) is 0.317. The van der Waals surface area contributed by atoms with E-state index < -0.39 is 5.97 Å². The van der Waals surface area contributed by atoms with Gasteiger partial charge in [-0.1, -0.05) is 76.6 Å². The Labute approximate surface area is 193 Å². The van der Waals surface area contributed by atoms with E-state index in [9.17, 15) is 9.90 Å². The molecule has 5 aromatic rings. The first-order valence-electron chi connectivity index (χ1n) is 10.3. The molecule has 0 radical (unpaired) electrons. The van der Waals surface area contributed by atoms with E-state index in [1.54, 1.807) is 10.7 Å². The van der Waals surface area contributed by atoms with Gasteiger partial charge in [0.2, 0.25) is 0 Å². The summed E-state index contributed by atoms with van der Waals surface area (Å²) < 4.78 is 4.71. The van der Waals surface area contributed by atoms with Crippen LogP contribution in [0.2, 0.25) is 0 Å². The maximum atomic E-state index is 11.9. The number of fused-ring (bicyclic) bond motifs is 1. The zero-order valence-corrected chi connectivity index (χ0v) is 18.7. The van der Waals surface area contributed by atoms with E-state index in [0.29, 0.717) is 12.2 Å². The van der Waals surface area contributed by atoms with Gasteiger partial charge in [-0.25, -0.2) is 4.79 Å². The van der Waals surface area contributed by atoms with Crippen molar-refractivity contribution < 1.29 is 9.90 Å². The number of benzene rings is 3. The highest BCUT2D eigenvalue weighted by Crippen LogP contribution is 2.33. The molecule has 6 heteroatoms. The van der Waals surface area contributed by atoms with E-state index >= 15 is 0 Å². The third-order valence-electron chi connectivity index (χ3n) is 5.49. The first-order valence-corrected chi connectivity index (χ1v) is 11.1. The number of rotatable bonds is 6. The maximum Gasteiger partial charge on any atom is 0.354 e. The number of carboxylic acid groups (broad SMARTS) is 1. The van der Waals surface area contributed by atoms with Crippen molar-refractivity contribution in [3.63, 3.8) is 0 Å². The normalized spacial score (nSPS) is 11.2. The summed E-state index contributed by atoms with van der Waals surface area (Å²) in [6, 6.07) is 27.8. The second-order valence-electron chi connectivity index (χ2n) is 7.68. The van der Waals surface area contributed by atoms with E-state index in [1.165, 1.54) is 5.56 Å². The summed E-state index contributed by atoms with van der Waals surface area (Å²) in [4.78, 5) is 11.9. The lowest BCUT2D eigenvalue weighted by Crippen LogP contribution is -2.10. The van der Waals surface area contributed by atoms with Gasteiger partial charge in [0.05, 0.1) is 12.2 Å². The average molecular weight is 486 g/mol. The Kier molecular flexibility index (Phi) is 5.37. The number of carboxylic acids is 1. The number of nitrogens with zero attached hydrogens (tertiary/aromatic N) is 3. The number of aromatic nitrogens is 3. The first kappa shape index (κ1) is 20.3. The number of hydrogen-bond acceptors (Lipinski definition) is 2. The Balaban J connectivity index is 1.62. The molecule has 0 bridgehead atoms. The van der Waals surface area contributed by atoms with Crippen molar-refractivity contribution in [3.8, 4) is 11.3 Å². The van der Waals surface area contributed by atoms with Gasteiger partial charge in [-0.3, -0.25) is 4.68 Å². The topological polar surface area (TPSA) is 60.0 Å². The van der Waals surface area contributed by atoms with Crippen LogP contribution in [-0.2, 0) is 13.1 Å². The van der Waals surface area contributed by atoms with Crippen molar-refractivity contribution >= 4 is 32.8 Å². The molecule has 2 heterocycles. The molecule has 0 saturated heterocycles. The second-order valence-corrected chi connectivity index (χ2v) is 8.60. The van der Waals surface area contributed by atoms with Crippen LogP contribution in [0.5, 0.6) is 0 Å². The van der Waals surface area contributed by atoms with E-state index in [-0.39, 0.29) is 5.69 Å². The molecular weight excluding hydrogens is 466 g/mol. The van der Waals surface area contributed by atoms with Crippen molar-refractivity contribution in [2.45, 2.75) is 13.1 Å². The van der Waals surface area contributed by atoms with Crippen LogP contribution >= 0.6 is 15.9 Å². The van der Waals surface area contributed by atoms with Gasteiger partial charge in [0, 0.05) is 33.7 Å². The van der Waals surface area contributed by atoms with Crippen molar-refractivity contribution in [3.05, 3.63) is 112 Å². The zero-order chi connectivity index (χ0) is 22.1. The summed E-state index contributed by atoms with van der Waals surface area (Å²) >= 11 is 3.57. The molecule has 0 spiro atoms. The fourth-order valence-electron chi connectivity index (χ4n) is 3.98. The van der Waals surface area contributed by atoms with Crippen molar-refractivity contribution in [2.24, 2.45) is 0 Å². The molecule has 0 fully saturated rings. The molecule has 5 rings (SSSR count). The van der Waals surface area contributed by atoms with Crippen LogP contribution in [0.1, 0.15) is 21.6 Å². The Morgan fingerprint density at radius 2 is 1.53 bits per heavy atom. The lowest BCUT2D eigenvalue weighted by Gasteiger charge is -2.05. The highest BCUT2D eigenvalue weighted by Gasteiger charge is 2.19. The molecule has 32 heavy (non-hydrogen) atoms. The van der Waals surface area contributed by atoms with Crippen LogP contribution in [0.25, 0.3) is 22.2 Å². The molecule has 0 unspecified atom stereocenters. The van der Waals surface area contributed by atoms with Crippen LogP contribution in [0, 0.1) is 0 Å². The highest BCUT2D eigenvalue weighted by atomic mass is 79.9. The minimum atomic E-state index is -0.992. The van der Waals surface area contributed by atoms with Gasteiger partial charge in [-0.2, -0.15) is 5.10 Å². The maximum absolute atomic E-state index is 11.9. The number of hydrogen-bond donors (Lipinski definition) is 1. The molecule has 0 atom stereocenters. The van der Waals surface area contributed by atoms with Crippen LogP contribution in [0.15, 0.2) is 95.6 Å². The lowest BCUT2D eigenvalue weighted by atomic mass is 10.1. The molecule has 0 aliphatic heterocycles. The van der Waals surface area contributed by atoms with Crippen molar-refractivity contribution in [1.29, 1.82) is 0 Å². The molecule has 1 N–H and O–H groups in total. The van der Waals surface area contributed by atoms with Gasteiger partial charge in [0.1, 0.15) is 5.69 Å². The third-order valence-corrected chi connectivity index (χ3v) is 5.98. The Bertz CT molecular complexity index is 1410. The van der Waals surface area contributed by atoms with Gasteiger partial charge in [0.15, 0.2) is 0 Å². The van der Waals surface area contributed by atoms with E-state index in [4.69, 9.17) is 5.10 Å². The van der Waals surface area contributed by atoms with Crippen molar-refractivity contribution in [1.82, 2.24) is 14.3 Å². The summed E-state index contributed by atoms with van der Waals surface area (Å²) in [6.07, 6.45) is 2.06. The predicted octanol–water partition coefficient (Wildman–Crippen LogP) is 6.06. The van der Waals surface area contributed by atoms with Crippen molar-refractivity contribution in [2.75, 3.05) is 0 Å². The first-order chi connectivity index (χ1) is 15.6. The Morgan fingerprint density at radius 1 is 0.875 bits per heavy atom. The summed E-state index contributed by atoms with van der Waals surface area (Å²) in [7, 11) is 0. The molecule has 2 aromatic heterocycles. The smallest absolute Gasteiger partial charge is 0.354 e. The highest BCUT2D eigenvalue weighted by molar-refractivity contribution is 9.10. The molecule has 0 aliphatic carbocycles. The van der Waals surface area contributed by atoms with Gasteiger partial charge in [-0.15, -0.1) is 0 Å². The summed E-state index contributed by atoms with van der Waals surface area (Å²) in [5, 5.41) is 15.5. The zero-order valence-electron chi connectivity index (χ0n) is 17.1. The largest absolute Gasteiger partial charge is 0.477 e. The van der Waals surface area contributed by atoms with Gasteiger partial charge in [0.25, 0.3) is 0 Å². The molecule has 158 valence electrons. The fraction of sp³-hybridized carbons (Fsp3) is 0.0769. The predicted molar refractivity (Wildman–Crippen MR) is 129 cm³/mol. The van der Waals surface area contributed by atoms with Crippen LogP contribution in [-0.4, -0.2) is 25.4 Å². The molecular formula is C26H20BrN3O2. The molecule has 0 amide bonds. The Hall–Kier alpha value is -3.64. The van der Waals surface area contributed by atoms with E-state index in [0.717, 1.165) is 33.0 Å². The second kappa shape index (κ2) is 8.48. The lowest BCUT2D eigenvalue weighted by molar-refractivity contribution is 0.0684. The Morgan fingerprint density at radius 3 is 2.19 bits per heavy atom. The van der Waals surface area contributed by atoms with E-state index in [2.05, 4.69) is 51.0 Å². The van der Waals surface area contributed by atoms with Gasteiger partial charge < -0.3 is 9.67 Å². The monoisotopic (exact) mass is 485 g/mol. The SMILES string of the molecule is O=C(O)c1cc(-c2cn(Cc3ccccc3)c3ccc(Br)cc23)nn1Cc1ccccc1. The minimum Gasteiger partial charge on any atom is -0.477 e. The van der Waals surface area contributed by atoms with Crippen LogP contribution < -0.4 is 0 Å². The van der Waals surface area contributed by atoms with E-state index in [1.807, 2.05) is 54.6 Å². The molecule has 3 aromatic carbocycles. The number of carbonyl (C=O) groups is 1. The molecule has 0 aliphatic rings. The summed E-state index contributed by atoms with van der Waals surface area (Å²) in [6.45, 7) is 1.12. The van der Waals surface area contributed by atoms with Crippen LogP contribution in [0.4, 0.5) is 0 Å². The van der Waals surface area contributed by atoms with Crippen LogP contribution in [0.3, 0.4) is 0 Å². The standard InChI is InChI=1S/C26H20BrN3O2/c27-20-11-12-24-21(13-20)22(17-29(24)15-18-7-3-1-4-8-18)23-14-25(26(31)32)30(28-23)16-19-9-5-2-6-10-19/h1-14,17H,15-16H2,(H,31,32). The summed E-state index contributed by atoms with van der Waals surface area (Å²) in [5.41, 5.74) is 4.99. The van der Waals surface area contributed by atoms with Gasteiger partial charge in [-0.05, 0) is 35.4 Å². The number of aromatic carboxylic acids is 1. The third kappa shape index (κ3) is 3.97. The molecule has 5 nitrogen and oxygen atoms in total. The summed E-state index contributed by atoms with van der Waals surface area (Å²) in [5.74, 6) is -0.992. The van der Waals surface area contributed by atoms with Gasteiger partial charge >= 0.3 is 5.97 Å². The minimum absolute atomic E-state index is 0.169. The fourth-order valence-corrected chi connectivity index (χ4v) is 4.34. The molecule has 0 saturated carbocycles. The average Bonchev–Trinajstić information content (AvgIpc) is 3.36.